The Balaban J connectivity index is 2.95. The highest BCUT2D eigenvalue weighted by molar-refractivity contribution is 8.14. The van der Waals surface area contributed by atoms with Crippen LogP contribution in [0.3, 0.4) is 0 Å². The van der Waals surface area contributed by atoms with Crippen LogP contribution in [0.4, 0.5) is 0 Å². The number of carbonyl (C=O) groups excluding carboxylic acids is 4. The Morgan fingerprint density at radius 3 is 2.05 bits per heavy atom. The summed E-state index contributed by atoms with van der Waals surface area (Å²) >= 11 is 0.895. The van der Waals surface area contributed by atoms with Gasteiger partial charge in [0.2, 0.25) is 17.7 Å². The molecule has 2 unspecified atom stereocenters. The zero-order chi connectivity index (χ0) is 29.7. The van der Waals surface area contributed by atoms with Gasteiger partial charge in [0.1, 0.15) is 17.8 Å². The first-order valence-corrected chi connectivity index (χ1v) is 14.0. The summed E-state index contributed by atoms with van der Waals surface area (Å²) in [4.78, 5) is 62.2. The van der Waals surface area contributed by atoms with Gasteiger partial charge >= 0.3 is 5.97 Å². The minimum atomic E-state index is -1.24. The maximum atomic E-state index is 13.3. The largest absolute Gasteiger partial charge is 0.497 e. The molecule has 39 heavy (non-hydrogen) atoms. The predicted octanol–water partition coefficient (Wildman–Crippen LogP) is 2.78. The number of carboxylic acid groups (broad SMARTS) is 1. The number of aliphatic carboxylic acids is 1. The van der Waals surface area contributed by atoms with Gasteiger partial charge in [0.05, 0.1) is 7.11 Å². The Bertz CT molecular complexity index is 982. The third-order valence-corrected chi connectivity index (χ3v) is 7.62. The number of nitrogens with one attached hydrogen (secondary N) is 3. The van der Waals surface area contributed by atoms with E-state index in [0.717, 1.165) is 17.3 Å². The average molecular weight is 566 g/mol. The number of methoxy groups -OCH3 is 1. The number of ether oxygens (including phenoxy) is 1. The molecule has 10 nitrogen and oxygen atoms in total. The minimum Gasteiger partial charge on any atom is -0.497 e. The van der Waals surface area contributed by atoms with Crippen molar-refractivity contribution >= 4 is 40.6 Å². The first-order valence-electron chi connectivity index (χ1n) is 13.1. The first-order chi connectivity index (χ1) is 18.3. The van der Waals surface area contributed by atoms with Gasteiger partial charge in [-0.25, -0.2) is 4.79 Å². The fourth-order valence-electron chi connectivity index (χ4n) is 4.21. The monoisotopic (exact) mass is 565 g/mol. The first kappa shape index (κ1) is 33.9. The second kappa shape index (κ2) is 16.8. The van der Waals surface area contributed by atoms with Crippen LogP contribution in [-0.2, 0) is 30.4 Å². The number of hydrogen-bond donors (Lipinski definition) is 4. The molecule has 0 aliphatic carbocycles. The zero-order valence-corrected chi connectivity index (χ0v) is 24.7. The quantitative estimate of drug-likeness (QED) is 0.239. The molecule has 0 radical (unpaired) electrons. The Morgan fingerprint density at radius 2 is 1.59 bits per heavy atom. The summed E-state index contributed by atoms with van der Waals surface area (Å²) in [7, 11) is 3.06. The van der Waals surface area contributed by atoms with Gasteiger partial charge in [0.25, 0.3) is 0 Å². The standard InChI is InChI=1S/C28H43N3O7S/c1-16(2)14-20(10-13-23(33)31-24(28(36)37)25(17(3)4)39-18(5)32)26(34)30-22(27(35)29-6)15-19-8-11-21(38-7)12-9-19/h8-9,11-12,16-17,20,22,24-25H,10,13-15H2,1-7H3,(H,29,35)(H,30,34)(H,31,33)(H,36,37)/t20?,22-,24+,25?/m0/s1. The van der Waals surface area contributed by atoms with Crippen molar-refractivity contribution in [2.24, 2.45) is 17.8 Å². The smallest absolute Gasteiger partial charge is 0.327 e. The summed E-state index contributed by atoms with van der Waals surface area (Å²) in [6, 6.07) is 5.15. The molecule has 3 amide bonds. The predicted molar refractivity (Wildman–Crippen MR) is 151 cm³/mol. The van der Waals surface area contributed by atoms with Crippen molar-refractivity contribution in [3.05, 3.63) is 29.8 Å². The normalized spacial score (nSPS) is 14.2. The lowest BCUT2D eigenvalue weighted by molar-refractivity contribution is -0.142. The molecule has 1 aromatic carbocycles. The Morgan fingerprint density at radius 1 is 0.974 bits per heavy atom. The molecule has 0 spiro atoms. The number of amides is 3. The summed E-state index contributed by atoms with van der Waals surface area (Å²) in [5, 5.41) is 16.8. The number of thioether (sulfide) groups is 1. The van der Waals surface area contributed by atoms with E-state index in [2.05, 4.69) is 16.0 Å². The lowest BCUT2D eigenvalue weighted by Crippen LogP contribution is -2.50. The Hall–Kier alpha value is -3.08. The fourth-order valence-corrected chi connectivity index (χ4v) is 5.19. The van der Waals surface area contributed by atoms with Crippen LogP contribution in [0.25, 0.3) is 0 Å². The van der Waals surface area contributed by atoms with Gasteiger partial charge in [-0.2, -0.15) is 0 Å². The number of benzene rings is 1. The van der Waals surface area contributed by atoms with Crippen LogP contribution in [0.1, 0.15) is 59.4 Å². The van der Waals surface area contributed by atoms with E-state index in [4.69, 9.17) is 4.74 Å². The van der Waals surface area contributed by atoms with E-state index in [-0.39, 0.29) is 48.0 Å². The summed E-state index contributed by atoms with van der Waals surface area (Å²) in [5.41, 5.74) is 0.840. The maximum Gasteiger partial charge on any atom is 0.327 e. The maximum absolute atomic E-state index is 13.3. The van der Waals surface area contributed by atoms with Crippen molar-refractivity contribution in [2.75, 3.05) is 14.2 Å². The SMILES string of the molecule is CNC(=O)[C@H](Cc1ccc(OC)cc1)NC(=O)C(CCC(=O)N[C@@H](C(=O)O)C(SC(C)=O)C(C)C)CC(C)C. The highest BCUT2D eigenvalue weighted by atomic mass is 32.2. The van der Waals surface area contributed by atoms with Crippen molar-refractivity contribution < 1.29 is 33.8 Å². The molecule has 0 aliphatic rings. The molecular formula is C28H43N3O7S. The minimum absolute atomic E-state index is 0.0761. The third-order valence-electron chi connectivity index (χ3n) is 6.20. The van der Waals surface area contributed by atoms with E-state index < -0.39 is 35.1 Å². The van der Waals surface area contributed by atoms with Crippen LogP contribution in [-0.4, -0.2) is 65.4 Å². The van der Waals surface area contributed by atoms with Crippen LogP contribution in [0.2, 0.25) is 0 Å². The van der Waals surface area contributed by atoms with Gasteiger partial charge in [-0.3, -0.25) is 19.2 Å². The molecule has 4 atom stereocenters. The highest BCUT2D eigenvalue weighted by Gasteiger charge is 2.34. The van der Waals surface area contributed by atoms with E-state index >= 15 is 0 Å². The summed E-state index contributed by atoms with van der Waals surface area (Å²) < 4.78 is 5.17. The zero-order valence-electron chi connectivity index (χ0n) is 23.9. The topological polar surface area (TPSA) is 151 Å². The van der Waals surface area contributed by atoms with E-state index in [1.165, 1.54) is 14.0 Å². The van der Waals surface area contributed by atoms with Crippen LogP contribution in [0, 0.1) is 17.8 Å². The molecule has 0 saturated carbocycles. The van der Waals surface area contributed by atoms with Gasteiger partial charge in [-0.05, 0) is 42.4 Å². The molecule has 1 aromatic rings. The molecule has 4 N–H and O–H groups in total. The highest BCUT2D eigenvalue weighted by Crippen LogP contribution is 2.25. The third kappa shape index (κ3) is 12.1. The average Bonchev–Trinajstić information content (AvgIpc) is 2.87. The summed E-state index contributed by atoms with van der Waals surface area (Å²) in [6.45, 7) is 8.86. The molecular weight excluding hydrogens is 522 g/mol. The van der Waals surface area contributed by atoms with Crippen LogP contribution in [0.15, 0.2) is 24.3 Å². The molecule has 218 valence electrons. The van der Waals surface area contributed by atoms with Crippen molar-refractivity contribution in [3.63, 3.8) is 0 Å². The Kier molecular flexibility index (Phi) is 14.6. The Labute approximate surface area is 235 Å². The van der Waals surface area contributed by atoms with Crippen molar-refractivity contribution in [2.45, 2.75) is 77.6 Å². The molecule has 11 heteroatoms. The van der Waals surface area contributed by atoms with E-state index in [1.807, 2.05) is 26.0 Å². The molecule has 0 saturated heterocycles. The molecule has 0 aliphatic heterocycles. The number of carbonyl (C=O) groups is 5. The van der Waals surface area contributed by atoms with Crippen LogP contribution in [0.5, 0.6) is 5.75 Å². The number of rotatable bonds is 16. The van der Waals surface area contributed by atoms with E-state index in [0.29, 0.717) is 12.2 Å². The molecule has 0 bridgehead atoms. The van der Waals surface area contributed by atoms with Crippen molar-refractivity contribution in [1.29, 1.82) is 0 Å². The van der Waals surface area contributed by atoms with Gasteiger partial charge in [0.15, 0.2) is 5.12 Å². The molecule has 0 fully saturated rings. The number of hydrogen-bond acceptors (Lipinski definition) is 7. The van der Waals surface area contributed by atoms with Gasteiger partial charge in [-0.1, -0.05) is 51.6 Å². The summed E-state index contributed by atoms with van der Waals surface area (Å²) in [6.07, 6.45) is 0.860. The van der Waals surface area contributed by atoms with Gasteiger partial charge < -0.3 is 25.8 Å². The van der Waals surface area contributed by atoms with Crippen molar-refractivity contribution in [3.8, 4) is 5.75 Å². The molecule has 0 heterocycles. The number of likely N-dealkylation sites (N-methyl/N-ethyl adjacent to an activating group) is 1. The lowest BCUT2D eigenvalue weighted by Gasteiger charge is -2.27. The number of carboxylic acids is 1. The lowest BCUT2D eigenvalue weighted by atomic mass is 9.91. The molecule has 0 aromatic heterocycles. The molecule has 1 rings (SSSR count). The second-order valence-electron chi connectivity index (χ2n) is 10.3. The van der Waals surface area contributed by atoms with Crippen LogP contribution < -0.4 is 20.7 Å². The van der Waals surface area contributed by atoms with E-state index in [9.17, 15) is 29.1 Å². The fraction of sp³-hybridized carbons (Fsp3) is 0.607. The van der Waals surface area contributed by atoms with E-state index in [1.54, 1.807) is 33.1 Å². The van der Waals surface area contributed by atoms with Gasteiger partial charge in [0, 0.05) is 38.0 Å². The second-order valence-corrected chi connectivity index (χ2v) is 11.6. The van der Waals surface area contributed by atoms with Crippen molar-refractivity contribution in [1.82, 2.24) is 16.0 Å². The van der Waals surface area contributed by atoms with Gasteiger partial charge in [-0.15, -0.1) is 0 Å². The summed E-state index contributed by atoms with van der Waals surface area (Å²) in [5.74, 6) is -2.33. The van der Waals surface area contributed by atoms with Crippen LogP contribution >= 0.6 is 11.8 Å².